The van der Waals surface area contributed by atoms with Crippen molar-refractivity contribution in [3.05, 3.63) is 12.1 Å². The minimum Gasteiger partial charge on any atom is -0.396 e. The number of likely N-dealkylation sites (N-methyl/N-ethyl adjacent to an activating group) is 1. The number of rotatable bonds is 7. The average Bonchev–Trinajstić information content (AvgIpc) is 2.39. The van der Waals surface area contributed by atoms with Gasteiger partial charge >= 0.3 is 0 Å². The first-order chi connectivity index (χ1) is 9.08. The van der Waals surface area contributed by atoms with Gasteiger partial charge in [-0.2, -0.15) is 0 Å². The third kappa shape index (κ3) is 4.72. The molecule has 0 aliphatic rings. The number of carbonyl (C=O) groups is 1. The number of aromatic nitrogens is 1. The van der Waals surface area contributed by atoms with Gasteiger partial charge < -0.3 is 27.8 Å². The van der Waals surface area contributed by atoms with Crippen molar-refractivity contribution in [2.45, 2.75) is 25.3 Å². The number of anilines is 3. The molecule has 1 amide bonds. The summed E-state index contributed by atoms with van der Waals surface area (Å²) < 4.78 is 0. The van der Waals surface area contributed by atoms with E-state index in [4.69, 9.17) is 17.2 Å². The summed E-state index contributed by atoms with van der Waals surface area (Å²) in [5, 5.41) is 5.68. The molecule has 0 saturated carbocycles. The average molecular weight is 266 g/mol. The van der Waals surface area contributed by atoms with E-state index in [2.05, 4.69) is 15.6 Å². The molecule has 7 nitrogen and oxygen atoms in total. The Morgan fingerprint density at radius 3 is 2.68 bits per heavy atom. The fraction of sp³-hybridized carbons (Fsp3) is 0.500. The standard InChI is InChI=1S/C12H22N6O/c1-16-9(4-2-3-7-13)12(19)18-10-6-5-8(14)11(15)17-10/h5-6,9,16H,2-4,7,13-14H2,1H3,(H3,15,17,18,19). The van der Waals surface area contributed by atoms with E-state index in [1.165, 1.54) is 0 Å². The van der Waals surface area contributed by atoms with Crippen LogP contribution in [-0.4, -0.2) is 30.5 Å². The maximum Gasteiger partial charge on any atom is 0.242 e. The van der Waals surface area contributed by atoms with Crippen LogP contribution in [0.3, 0.4) is 0 Å². The van der Waals surface area contributed by atoms with Gasteiger partial charge in [-0.05, 0) is 38.6 Å². The van der Waals surface area contributed by atoms with Crippen LogP contribution in [0.25, 0.3) is 0 Å². The minimum absolute atomic E-state index is 0.142. The lowest BCUT2D eigenvalue weighted by Gasteiger charge is -2.15. The number of amides is 1. The molecule has 0 saturated heterocycles. The SMILES string of the molecule is CNC(CCCCN)C(=O)Nc1ccc(N)c(N)n1. The Hall–Kier alpha value is -1.86. The number of nitrogens with zero attached hydrogens (tertiary/aromatic N) is 1. The molecule has 0 aliphatic heterocycles. The fourth-order valence-corrected chi connectivity index (χ4v) is 1.67. The normalized spacial score (nSPS) is 12.1. The van der Waals surface area contributed by atoms with Crippen molar-refractivity contribution in [1.29, 1.82) is 0 Å². The number of nitrogens with one attached hydrogen (secondary N) is 2. The molecule has 1 aromatic rings. The minimum atomic E-state index is -0.271. The zero-order valence-corrected chi connectivity index (χ0v) is 11.1. The van der Waals surface area contributed by atoms with Crippen LogP contribution in [0.2, 0.25) is 0 Å². The Labute approximate surface area is 112 Å². The lowest BCUT2D eigenvalue weighted by molar-refractivity contribution is -0.118. The van der Waals surface area contributed by atoms with Crippen LogP contribution < -0.4 is 27.8 Å². The number of hydrogen-bond donors (Lipinski definition) is 5. The van der Waals surface area contributed by atoms with Gasteiger partial charge in [0, 0.05) is 0 Å². The fourth-order valence-electron chi connectivity index (χ4n) is 1.67. The number of hydrogen-bond acceptors (Lipinski definition) is 6. The molecule has 19 heavy (non-hydrogen) atoms. The Kier molecular flexibility index (Phi) is 6.04. The van der Waals surface area contributed by atoms with Crippen LogP contribution in [0, 0.1) is 0 Å². The summed E-state index contributed by atoms with van der Waals surface area (Å²) in [4.78, 5) is 16.0. The van der Waals surface area contributed by atoms with Crippen molar-refractivity contribution in [2.24, 2.45) is 5.73 Å². The molecule has 1 heterocycles. The number of carbonyl (C=O) groups excluding carboxylic acids is 1. The third-order valence-corrected chi connectivity index (χ3v) is 2.82. The van der Waals surface area contributed by atoms with E-state index in [0.29, 0.717) is 18.1 Å². The zero-order valence-electron chi connectivity index (χ0n) is 11.1. The molecule has 0 bridgehead atoms. The number of nitrogen functional groups attached to an aromatic ring is 2. The largest absolute Gasteiger partial charge is 0.396 e. The highest BCUT2D eigenvalue weighted by molar-refractivity contribution is 5.94. The molecule has 1 unspecified atom stereocenters. The van der Waals surface area contributed by atoms with Gasteiger partial charge in [-0.3, -0.25) is 4.79 Å². The molecule has 106 valence electrons. The van der Waals surface area contributed by atoms with E-state index in [-0.39, 0.29) is 17.8 Å². The third-order valence-electron chi connectivity index (χ3n) is 2.82. The van der Waals surface area contributed by atoms with Crippen LogP contribution in [0.15, 0.2) is 12.1 Å². The van der Waals surface area contributed by atoms with E-state index in [9.17, 15) is 4.79 Å². The second-order valence-corrected chi connectivity index (χ2v) is 4.29. The van der Waals surface area contributed by atoms with Crippen molar-refractivity contribution >= 4 is 23.2 Å². The highest BCUT2D eigenvalue weighted by atomic mass is 16.2. The van der Waals surface area contributed by atoms with Crippen LogP contribution in [0.5, 0.6) is 0 Å². The summed E-state index contributed by atoms with van der Waals surface area (Å²) in [5.74, 6) is 0.467. The molecular weight excluding hydrogens is 244 g/mol. The first-order valence-corrected chi connectivity index (χ1v) is 6.28. The van der Waals surface area contributed by atoms with Crippen molar-refractivity contribution < 1.29 is 4.79 Å². The predicted molar refractivity (Wildman–Crippen MR) is 77.4 cm³/mol. The molecule has 0 fully saturated rings. The van der Waals surface area contributed by atoms with Crippen LogP contribution in [-0.2, 0) is 4.79 Å². The first-order valence-electron chi connectivity index (χ1n) is 6.28. The second-order valence-electron chi connectivity index (χ2n) is 4.29. The van der Waals surface area contributed by atoms with Gasteiger partial charge in [0.2, 0.25) is 5.91 Å². The zero-order chi connectivity index (χ0) is 14.3. The number of pyridine rings is 1. The van der Waals surface area contributed by atoms with Crippen molar-refractivity contribution in [3.63, 3.8) is 0 Å². The van der Waals surface area contributed by atoms with Gasteiger partial charge in [-0.1, -0.05) is 6.42 Å². The van der Waals surface area contributed by atoms with Gasteiger partial charge in [0.25, 0.3) is 0 Å². The van der Waals surface area contributed by atoms with Gasteiger partial charge in [0.05, 0.1) is 11.7 Å². The Balaban J connectivity index is 2.58. The maximum absolute atomic E-state index is 12.0. The highest BCUT2D eigenvalue weighted by Crippen LogP contribution is 2.15. The molecule has 1 aromatic heterocycles. The van der Waals surface area contributed by atoms with Gasteiger partial charge in [0.15, 0.2) is 0 Å². The molecule has 8 N–H and O–H groups in total. The summed E-state index contributed by atoms with van der Waals surface area (Å²) >= 11 is 0. The van der Waals surface area contributed by atoms with E-state index in [1.54, 1.807) is 19.2 Å². The van der Waals surface area contributed by atoms with Gasteiger partial charge in [0.1, 0.15) is 11.6 Å². The van der Waals surface area contributed by atoms with E-state index >= 15 is 0 Å². The quantitative estimate of drug-likeness (QED) is 0.438. The molecule has 7 heteroatoms. The monoisotopic (exact) mass is 266 g/mol. The Morgan fingerprint density at radius 2 is 2.11 bits per heavy atom. The number of unbranched alkanes of at least 4 members (excludes halogenated alkanes) is 1. The number of nitrogens with two attached hydrogens (primary N) is 3. The first kappa shape index (κ1) is 15.2. The highest BCUT2D eigenvalue weighted by Gasteiger charge is 2.16. The second kappa shape index (κ2) is 7.55. The van der Waals surface area contributed by atoms with Crippen LogP contribution in [0.4, 0.5) is 17.3 Å². The van der Waals surface area contributed by atoms with Crippen molar-refractivity contribution in [3.8, 4) is 0 Å². The summed E-state index contributed by atoms with van der Waals surface area (Å²) in [5.41, 5.74) is 17.0. The van der Waals surface area contributed by atoms with E-state index < -0.39 is 0 Å². The summed E-state index contributed by atoms with van der Waals surface area (Å²) in [7, 11) is 1.75. The van der Waals surface area contributed by atoms with Crippen molar-refractivity contribution in [2.75, 3.05) is 30.4 Å². The summed E-state index contributed by atoms with van der Waals surface area (Å²) in [6.45, 7) is 0.633. The molecule has 1 rings (SSSR count). The van der Waals surface area contributed by atoms with Gasteiger partial charge in [-0.25, -0.2) is 4.98 Å². The lowest BCUT2D eigenvalue weighted by Crippen LogP contribution is -2.38. The molecule has 0 radical (unpaired) electrons. The van der Waals surface area contributed by atoms with E-state index in [0.717, 1.165) is 19.3 Å². The Morgan fingerprint density at radius 1 is 1.37 bits per heavy atom. The predicted octanol–water partition coefficient (Wildman–Crippen LogP) is -0.0985. The summed E-state index contributed by atoms with van der Waals surface area (Å²) in [6, 6.07) is 2.96. The lowest BCUT2D eigenvalue weighted by atomic mass is 10.1. The smallest absolute Gasteiger partial charge is 0.242 e. The van der Waals surface area contributed by atoms with Gasteiger partial charge in [-0.15, -0.1) is 0 Å². The summed E-state index contributed by atoms with van der Waals surface area (Å²) in [6.07, 6.45) is 2.52. The topological polar surface area (TPSA) is 132 Å². The molecule has 0 aliphatic carbocycles. The van der Waals surface area contributed by atoms with Crippen molar-refractivity contribution in [1.82, 2.24) is 10.3 Å². The molecule has 0 aromatic carbocycles. The van der Waals surface area contributed by atoms with Crippen LogP contribution >= 0.6 is 0 Å². The molecular formula is C12H22N6O. The van der Waals surface area contributed by atoms with Crippen LogP contribution in [0.1, 0.15) is 19.3 Å². The maximum atomic E-state index is 12.0. The van der Waals surface area contributed by atoms with E-state index in [1.807, 2.05) is 0 Å². The molecule has 0 spiro atoms. The molecule has 1 atom stereocenters. The Bertz CT molecular complexity index is 423.